The van der Waals surface area contributed by atoms with Gasteiger partial charge in [0.05, 0.1) is 5.69 Å². The summed E-state index contributed by atoms with van der Waals surface area (Å²) < 4.78 is 4.82. The minimum absolute atomic E-state index is 0.159. The van der Waals surface area contributed by atoms with Gasteiger partial charge in [0.2, 0.25) is 5.95 Å². The number of aliphatic hydroxyl groups is 1. The number of rotatable bonds is 7. The molecule has 2 N–H and O–H groups in total. The van der Waals surface area contributed by atoms with E-state index in [1.165, 1.54) is 0 Å². The number of anilines is 1. The number of benzene rings is 1. The predicted molar refractivity (Wildman–Crippen MR) is 103 cm³/mol. The molecular weight excluding hydrogens is 360 g/mol. The minimum Gasteiger partial charge on any atom is -0.387 e. The molecule has 3 aromatic rings. The van der Waals surface area contributed by atoms with Crippen molar-refractivity contribution in [2.24, 2.45) is 0 Å². The second-order valence-corrected chi connectivity index (χ2v) is 6.44. The van der Waals surface area contributed by atoms with Crippen molar-refractivity contribution in [3.05, 3.63) is 53.3 Å². The van der Waals surface area contributed by atoms with E-state index in [4.69, 9.17) is 9.63 Å². The summed E-state index contributed by atoms with van der Waals surface area (Å²) >= 11 is 0. The molecule has 3 rings (SSSR count). The van der Waals surface area contributed by atoms with E-state index in [9.17, 15) is 4.79 Å². The van der Waals surface area contributed by atoms with Crippen LogP contribution in [0.3, 0.4) is 0 Å². The number of aromatic nitrogens is 4. The smallest absolute Gasteiger partial charge is 0.252 e. The third-order valence-electron chi connectivity index (χ3n) is 3.94. The zero-order valence-electron chi connectivity index (χ0n) is 16.0. The van der Waals surface area contributed by atoms with Gasteiger partial charge in [0.25, 0.3) is 11.8 Å². The Bertz CT molecular complexity index is 970. The molecule has 0 aliphatic carbocycles. The Morgan fingerprint density at radius 3 is 2.75 bits per heavy atom. The van der Waals surface area contributed by atoms with E-state index in [1.54, 1.807) is 12.1 Å². The Kier molecular flexibility index (Phi) is 5.95. The molecule has 0 aliphatic rings. The summed E-state index contributed by atoms with van der Waals surface area (Å²) in [5.41, 5.74) is 2.98. The number of amides is 1. The first-order valence-electron chi connectivity index (χ1n) is 8.80. The highest BCUT2D eigenvalue weighted by molar-refractivity contribution is 5.95. The Labute approximate surface area is 162 Å². The summed E-state index contributed by atoms with van der Waals surface area (Å²) in [5, 5.41) is 15.5. The van der Waals surface area contributed by atoms with E-state index in [0.717, 1.165) is 17.0 Å². The number of hydrogen-bond donors (Lipinski definition) is 2. The van der Waals surface area contributed by atoms with Gasteiger partial charge in [0, 0.05) is 43.9 Å². The van der Waals surface area contributed by atoms with Crippen LogP contribution >= 0.6 is 0 Å². The van der Waals surface area contributed by atoms with Gasteiger partial charge in [0.15, 0.2) is 5.82 Å². The topological polar surface area (TPSA) is 117 Å². The van der Waals surface area contributed by atoms with Crippen molar-refractivity contribution < 1.29 is 14.4 Å². The predicted octanol–water partition coefficient (Wildman–Crippen LogP) is 1.37. The van der Waals surface area contributed by atoms with Gasteiger partial charge in [-0.3, -0.25) is 4.79 Å². The molecule has 0 saturated heterocycles. The number of nitrogens with one attached hydrogen (secondary N) is 1. The zero-order chi connectivity index (χ0) is 20.1. The normalized spacial score (nSPS) is 10.7. The van der Waals surface area contributed by atoms with Gasteiger partial charge in [0.1, 0.15) is 6.61 Å². The lowest BCUT2D eigenvalue weighted by molar-refractivity contribution is 0.0954. The SMILES string of the molecule is Cc1cc(-c2cccc(C(=O)NCCc3noc(CO)n3)c2)nc(N(C)C)n1. The highest BCUT2D eigenvalue weighted by Crippen LogP contribution is 2.21. The third kappa shape index (κ3) is 4.68. The van der Waals surface area contributed by atoms with Crippen molar-refractivity contribution >= 4 is 11.9 Å². The summed E-state index contributed by atoms with van der Waals surface area (Å²) in [5.74, 6) is 1.01. The summed E-state index contributed by atoms with van der Waals surface area (Å²) in [6.45, 7) is 1.96. The molecule has 2 aromatic heterocycles. The monoisotopic (exact) mass is 382 g/mol. The van der Waals surface area contributed by atoms with Gasteiger partial charge in [-0.1, -0.05) is 17.3 Å². The quantitative estimate of drug-likeness (QED) is 0.629. The molecule has 28 heavy (non-hydrogen) atoms. The Hall–Kier alpha value is -3.33. The molecule has 0 spiro atoms. The number of hydrogen-bond acceptors (Lipinski definition) is 8. The first-order chi connectivity index (χ1) is 13.5. The van der Waals surface area contributed by atoms with Gasteiger partial charge in [-0.2, -0.15) is 4.98 Å². The maximum atomic E-state index is 12.5. The molecule has 9 nitrogen and oxygen atoms in total. The van der Waals surface area contributed by atoms with E-state index in [0.29, 0.717) is 30.3 Å². The number of nitrogens with zero attached hydrogens (tertiary/aromatic N) is 5. The molecule has 0 radical (unpaired) electrons. The lowest BCUT2D eigenvalue weighted by Gasteiger charge is -2.13. The number of aryl methyl sites for hydroxylation is 1. The Morgan fingerprint density at radius 2 is 2.04 bits per heavy atom. The van der Waals surface area contributed by atoms with Gasteiger partial charge < -0.3 is 19.8 Å². The van der Waals surface area contributed by atoms with Crippen LogP contribution in [0.4, 0.5) is 5.95 Å². The zero-order valence-corrected chi connectivity index (χ0v) is 16.0. The largest absolute Gasteiger partial charge is 0.387 e. The van der Waals surface area contributed by atoms with Crippen LogP contribution in [0, 0.1) is 6.92 Å². The maximum absolute atomic E-state index is 12.5. The van der Waals surface area contributed by atoms with Crippen molar-refractivity contribution in [2.75, 3.05) is 25.5 Å². The van der Waals surface area contributed by atoms with Crippen molar-refractivity contribution in [1.29, 1.82) is 0 Å². The second kappa shape index (κ2) is 8.57. The van der Waals surface area contributed by atoms with Gasteiger partial charge in [-0.25, -0.2) is 9.97 Å². The van der Waals surface area contributed by atoms with Crippen molar-refractivity contribution in [3.8, 4) is 11.3 Å². The van der Waals surface area contributed by atoms with Crippen LogP contribution in [0.2, 0.25) is 0 Å². The second-order valence-electron chi connectivity index (χ2n) is 6.44. The fourth-order valence-electron chi connectivity index (χ4n) is 2.57. The highest BCUT2D eigenvalue weighted by atomic mass is 16.5. The van der Waals surface area contributed by atoms with E-state index in [1.807, 2.05) is 44.1 Å². The molecule has 0 atom stereocenters. The van der Waals surface area contributed by atoms with Crippen LogP contribution in [0.5, 0.6) is 0 Å². The molecule has 0 fully saturated rings. The molecule has 1 aromatic carbocycles. The molecule has 9 heteroatoms. The third-order valence-corrected chi connectivity index (χ3v) is 3.94. The average molecular weight is 382 g/mol. The molecule has 0 unspecified atom stereocenters. The van der Waals surface area contributed by atoms with Crippen LogP contribution < -0.4 is 10.2 Å². The average Bonchev–Trinajstić information content (AvgIpc) is 3.15. The summed E-state index contributed by atoms with van der Waals surface area (Å²) in [4.78, 5) is 27.2. The molecule has 0 saturated carbocycles. The van der Waals surface area contributed by atoms with Crippen LogP contribution in [-0.4, -0.2) is 51.8 Å². The number of aliphatic hydroxyl groups excluding tert-OH is 1. The van der Waals surface area contributed by atoms with Crippen molar-refractivity contribution in [3.63, 3.8) is 0 Å². The molecule has 2 heterocycles. The van der Waals surface area contributed by atoms with Gasteiger partial charge >= 0.3 is 0 Å². The van der Waals surface area contributed by atoms with Crippen LogP contribution in [0.15, 0.2) is 34.9 Å². The Morgan fingerprint density at radius 1 is 1.21 bits per heavy atom. The maximum Gasteiger partial charge on any atom is 0.252 e. The van der Waals surface area contributed by atoms with Crippen LogP contribution in [0.1, 0.15) is 27.8 Å². The molecule has 1 amide bonds. The van der Waals surface area contributed by atoms with Gasteiger partial charge in [-0.15, -0.1) is 0 Å². The van der Waals surface area contributed by atoms with E-state index in [-0.39, 0.29) is 18.4 Å². The first-order valence-corrected chi connectivity index (χ1v) is 8.80. The lowest BCUT2D eigenvalue weighted by Crippen LogP contribution is -2.26. The molecule has 0 bridgehead atoms. The van der Waals surface area contributed by atoms with Crippen molar-refractivity contribution in [1.82, 2.24) is 25.4 Å². The molecule has 0 aliphatic heterocycles. The summed E-state index contributed by atoms with van der Waals surface area (Å²) in [6.07, 6.45) is 0.409. The van der Waals surface area contributed by atoms with Gasteiger partial charge in [-0.05, 0) is 25.1 Å². The van der Waals surface area contributed by atoms with E-state index < -0.39 is 0 Å². The first kappa shape index (κ1) is 19.4. The molecule has 146 valence electrons. The fourth-order valence-corrected chi connectivity index (χ4v) is 2.57. The number of carbonyl (C=O) groups is 1. The van der Waals surface area contributed by atoms with E-state index in [2.05, 4.69) is 25.4 Å². The minimum atomic E-state index is -0.301. The summed E-state index contributed by atoms with van der Waals surface area (Å²) in [7, 11) is 3.77. The highest BCUT2D eigenvalue weighted by Gasteiger charge is 2.11. The van der Waals surface area contributed by atoms with E-state index >= 15 is 0 Å². The Balaban J connectivity index is 1.69. The lowest BCUT2D eigenvalue weighted by atomic mass is 10.1. The standard InChI is InChI=1S/C19H22N6O3/c1-12-9-15(22-19(21-12)25(2)3)13-5-4-6-14(10-13)18(27)20-8-7-16-23-17(11-26)28-24-16/h4-6,9-10,26H,7-8,11H2,1-3H3,(H,20,27). The number of carbonyl (C=O) groups excluding carboxylic acids is 1. The fraction of sp³-hybridized carbons (Fsp3) is 0.316. The van der Waals surface area contributed by atoms with Crippen LogP contribution in [-0.2, 0) is 13.0 Å². The van der Waals surface area contributed by atoms with Crippen LogP contribution in [0.25, 0.3) is 11.3 Å². The summed E-state index contributed by atoms with van der Waals surface area (Å²) in [6, 6.07) is 9.17. The van der Waals surface area contributed by atoms with Crippen molar-refractivity contribution in [2.45, 2.75) is 20.0 Å². The molecular formula is C19H22N6O3.